The molecule has 4 N–H and O–H groups in total. The molecule has 7 heteroatoms. The molecule has 2 saturated carbocycles. The molecule has 6 nitrogen and oxygen atoms in total. The van der Waals surface area contributed by atoms with Gasteiger partial charge in [0, 0.05) is 24.5 Å². The van der Waals surface area contributed by atoms with E-state index in [0.29, 0.717) is 6.54 Å². The summed E-state index contributed by atoms with van der Waals surface area (Å²) in [6, 6.07) is 0.444. The van der Waals surface area contributed by atoms with Crippen molar-refractivity contribution in [3.05, 3.63) is 0 Å². The monoisotopic (exact) mass is 480 g/mol. The van der Waals surface area contributed by atoms with Gasteiger partial charge in [-0.15, -0.1) is 24.0 Å². The third kappa shape index (κ3) is 7.58. The lowest BCUT2D eigenvalue weighted by atomic mass is 9.85. The SMILES string of the molecule is CCNC(=NCC1(O)CCCC1)NC1CCCC(C(=O)NC(C)C)C1.I. The average Bonchev–Trinajstić information content (AvgIpc) is 3.00. The molecule has 2 fully saturated rings. The minimum Gasteiger partial charge on any atom is -0.388 e. The highest BCUT2D eigenvalue weighted by atomic mass is 127. The number of nitrogens with zero attached hydrogens (tertiary/aromatic N) is 1. The summed E-state index contributed by atoms with van der Waals surface area (Å²) in [4.78, 5) is 16.9. The van der Waals surface area contributed by atoms with Gasteiger partial charge in [-0.3, -0.25) is 9.79 Å². The normalized spacial score (nSPS) is 25.5. The molecule has 2 aliphatic rings. The second kappa shape index (κ2) is 11.3. The fourth-order valence-corrected chi connectivity index (χ4v) is 3.89. The molecule has 1 amide bonds. The van der Waals surface area contributed by atoms with Crippen LogP contribution >= 0.6 is 24.0 Å². The Hall–Kier alpha value is -0.570. The summed E-state index contributed by atoms with van der Waals surface area (Å²) in [6.45, 7) is 7.28. The van der Waals surface area contributed by atoms with Crippen LogP contribution in [0.1, 0.15) is 72.1 Å². The van der Waals surface area contributed by atoms with E-state index in [0.717, 1.165) is 63.9 Å². The minimum absolute atomic E-state index is 0. The molecule has 0 saturated heterocycles. The van der Waals surface area contributed by atoms with Gasteiger partial charge in [0.1, 0.15) is 0 Å². The van der Waals surface area contributed by atoms with Gasteiger partial charge < -0.3 is 21.1 Å². The van der Waals surface area contributed by atoms with Crippen LogP contribution in [0.3, 0.4) is 0 Å². The molecule has 0 radical (unpaired) electrons. The van der Waals surface area contributed by atoms with Crippen molar-refractivity contribution in [3.8, 4) is 0 Å². The Balaban J connectivity index is 0.00000338. The molecule has 26 heavy (non-hydrogen) atoms. The summed E-state index contributed by atoms with van der Waals surface area (Å²) in [5.74, 6) is 1.01. The summed E-state index contributed by atoms with van der Waals surface area (Å²) in [7, 11) is 0. The lowest BCUT2D eigenvalue weighted by Gasteiger charge is -2.31. The number of halogens is 1. The molecule has 0 spiro atoms. The van der Waals surface area contributed by atoms with Crippen molar-refractivity contribution in [2.75, 3.05) is 13.1 Å². The molecule has 2 unspecified atom stereocenters. The third-order valence-electron chi connectivity index (χ3n) is 5.23. The van der Waals surface area contributed by atoms with Crippen molar-refractivity contribution in [2.45, 2.75) is 89.8 Å². The number of hydrogen-bond acceptors (Lipinski definition) is 3. The molecule has 0 aliphatic heterocycles. The number of aliphatic imine (C=N–C) groups is 1. The third-order valence-corrected chi connectivity index (χ3v) is 5.23. The molecular formula is C19H37IN4O2. The maximum atomic E-state index is 12.3. The molecule has 2 atom stereocenters. The summed E-state index contributed by atoms with van der Waals surface area (Å²) >= 11 is 0. The highest BCUT2D eigenvalue weighted by Gasteiger charge is 2.31. The zero-order chi connectivity index (χ0) is 18.3. The lowest BCUT2D eigenvalue weighted by molar-refractivity contribution is -0.126. The molecular weight excluding hydrogens is 443 g/mol. The average molecular weight is 480 g/mol. The molecule has 2 rings (SSSR count). The first-order valence-electron chi connectivity index (χ1n) is 9.99. The van der Waals surface area contributed by atoms with Crippen LogP contribution in [0.5, 0.6) is 0 Å². The van der Waals surface area contributed by atoms with Gasteiger partial charge in [-0.2, -0.15) is 0 Å². The minimum atomic E-state index is -0.630. The number of carbonyl (C=O) groups is 1. The van der Waals surface area contributed by atoms with Gasteiger partial charge in [0.05, 0.1) is 12.1 Å². The number of amides is 1. The van der Waals surface area contributed by atoms with Crippen molar-refractivity contribution in [1.29, 1.82) is 0 Å². The first kappa shape index (κ1) is 23.5. The lowest BCUT2D eigenvalue weighted by Crippen LogP contribution is -2.48. The summed E-state index contributed by atoms with van der Waals surface area (Å²) in [6.07, 6.45) is 7.78. The van der Waals surface area contributed by atoms with Crippen LogP contribution in [0.2, 0.25) is 0 Å². The van der Waals surface area contributed by atoms with Crippen molar-refractivity contribution >= 4 is 35.8 Å². The van der Waals surface area contributed by atoms with Crippen LogP contribution in [0.15, 0.2) is 4.99 Å². The van der Waals surface area contributed by atoms with Crippen LogP contribution in [-0.2, 0) is 4.79 Å². The topological polar surface area (TPSA) is 85.8 Å². The summed E-state index contributed by atoms with van der Waals surface area (Å²) in [5.41, 5.74) is -0.630. The van der Waals surface area contributed by atoms with Gasteiger partial charge in [-0.05, 0) is 52.9 Å². The Bertz CT molecular complexity index is 464. The fourth-order valence-electron chi connectivity index (χ4n) is 3.89. The number of rotatable bonds is 6. The van der Waals surface area contributed by atoms with E-state index in [1.807, 2.05) is 20.8 Å². The number of guanidine groups is 1. The fraction of sp³-hybridized carbons (Fsp3) is 0.895. The number of hydrogen-bond donors (Lipinski definition) is 4. The van der Waals surface area contributed by atoms with E-state index >= 15 is 0 Å². The van der Waals surface area contributed by atoms with Gasteiger partial charge in [0.25, 0.3) is 0 Å². The first-order chi connectivity index (χ1) is 11.9. The van der Waals surface area contributed by atoms with Crippen LogP contribution in [-0.4, -0.2) is 47.7 Å². The van der Waals surface area contributed by atoms with E-state index in [1.54, 1.807) is 0 Å². The molecule has 0 aromatic heterocycles. The van der Waals surface area contributed by atoms with Gasteiger partial charge in [0.2, 0.25) is 5.91 Å². The first-order valence-corrected chi connectivity index (χ1v) is 9.99. The Morgan fingerprint density at radius 1 is 1.23 bits per heavy atom. The Labute approximate surface area is 175 Å². The van der Waals surface area contributed by atoms with E-state index in [4.69, 9.17) is 0 Å². The van der Waals surface area contributed by atoms with Crippen molar-refractivity contribution < 1.29 is 9.90 Å². The van der Waals surface area contributed by atoms with Crippen LogP contribution in [0, 0.1) is 5.92 Å². The van der Waals surface area contributed by atoms with Gasteiger partial charge in [0.15, 0.2) is 5.96 Å². The second-order valence-electron chi connectivity index (χ2n) is 7.99. The van der Waals surface area contributed by atoms with Gasteiger partial charge in [-0.25, -0.2) is 0 Å². The predicted molar refractivity (Wildman–Crippen MR) is 117 cm³/mol. The Morgan fingerprint density at radius 2 is 1.92 bits per heavy atom. The van der Waals surface area contributed by atoms with Gasteiger partial charge >= 0.3 is 0 Å². The van der Waals surface area contributed by atoms with E-state index in [-0.39, 0.29) is 47.9 Å². The molecule has 0 heterocycles. The van der Waals surface area contributed by atoms with E-state index in [1.165, 1.54) is 0 Å². The zero-order valence-corrected chi connectivity index (χ0v) is 18.8. The predicted octanol–water partition coefficient (Wildman–Crippen LogP) is 2.55. The highest BCUT2D eigenvalue weighted by Crippen LogP contribution is 2.29. The summed E-state index contributed by atoms with van der Waals surface area (Å²) in [5, 5.41) is 20.3. The van der Waals surface area contributed by atoms with E-state index in [2.05, 4.69) is 20.9 Å². The largest absolute Gasteiger partial charge is 0.388 e. The van der Waals surface area contributed by atoms with Crippen LogP contribution in [0.25, 0.3) is 0 Å². The summed E-state index contributed by atoms with van der Waals surface area (Å²) < 4.78 is 0. The maximum absolute atomic E-state index is 12.3. The number of carbonyl (C=O) groups excluding carboxylic acids is 1. The zero-order valence-electron chi connectivity index (χ0n) is 16.5. The van der Waals surface area contributed by atoms with Crippen molar-refractivity contribution in [2.24, 2.45) is 10.9 Å². The van der Waals surface area contributed by atoms with Crippen molar-refractivity contribution in [1.82, 2.24) is 16.0 Å². The van der Waals surface area contributed by atoms with E-state index < -0.39 is 5.60 Å². The smallest absolute Gasteiger partial charge is 0.223 e. The van der Waals surface area contributed by atoms with Crippen LogP contribution < -0.4 is 16.0 Å². The standard InChI is InChI=1S/C19H36N4O2.HI/c1-4-20-18(21-13-19(25)10-5-6-11-19)23-16-9-7-8-15(12-16)17(24)22-14(2)3;/h14-16,25H,4-13H2,1-3H3,(H,22,24)(H2,20,21,23);1H. The Kier molecular flexibility index (Phi) is 10.2. The maximum Gasteiger partial charge on any atom is 0.223 e. The van der Waals surface area contributed by atoms with Crippen LogP contribution in [0.4, 0.5) is 0 Å². The molecule has 0 aromatic rings. The van der Waals surface area contributed by atoms with E-state index in [9.17, 15) is 9.90 Å². The quantitative estimate of drug-likeness (QED) is 0.268. The van der Waals surface area contributed by atoms with Gasteiger partial charge in [-0.1, -0.05) is 19.3 Å². The van der Waals surface area contributed by atoms with Crippen molar-refractivity contribution in [3.63, 3.8) is 0 Å². The Morgan fingerprint density at radius 3 is 2.54 bits per heavy atom. The molecule has 0 bridgehead atoms. The number of nitrogens with one attached hydrogen (secondary N) is 3. The highest BCUT2D eigenvalue weighted by molar-refractivity contribution is 14.0. The number of aliphatic hydroxyl groups is 1. The molecule has 0 aromatic carbocycles. The second-order valence-corrected chi connectivity index (χ2v) is 7.99. The molecule has 2 aliphatic carbocycles. The molecule has 152 valence electrons.